The minimum Gasteiger partial charge on any atom is -0.488 e. The predicted molar refractivity (Wildman–Crippen MR) is 137 cm³/mol. The number of imide groups is 2. The molecule has 1 fully saturated rings. The van der Waals surface area contributed by atoms with E-state index in [-0.39, 0.29) is 5.57 Å². The summed E-state index contributed by atoms with van der Waals surface area (Å²) in [6, 6.07) is 15.8. The summed E-state index contributed by atoms with van der Waals surface area (Å²) in [6.07, 6.45) is 1.41. The van der Waals surface area contributed by atoms with Crippen LogP contribution in [-0.4, -0.2) is 17.8 Å². The maximum absolute atomic E-state index is 13.4. The fourth-order valence-electron chi connectivity index (χ4n) is 4.07. The van der Waals surface area contributed by atoms with Crippen LogP contribution in [0.2, 0.25) is 5.02 Å². The summed E-state index contributed by atoms with van der Waals surface area (Å²) >= 11 is 6.22. The second-order valence-electron chi connectivity index (χ2n) is 8.71. The molecule has 1 aliphatic heterocycles. The van der Waals surface area contributed by atoms with Gasteiger partial charge in [0.05, 0.1) is 5.69 Å². The highest BCUT2D eigenvalue weighted by molar-refractivity contribution is 6.39. The van der Waals surface area contributed by atoms with Crippen molar-refractivity contribution in [1.82, 2.24) is 5.32 Å². The summed E-state index contributed by atoms with van der Waals surface area (Å²) in [5.41, 5.74) is 5.54. The Morgan fingerprint density at radius 1 is 0.886 bits per heavy atom. The highest BCUT2D eigenvalue weighted by Crippen LogP contribution is 2.30. The number of carbonyl (C=O) groups excluding carboxylic acids is 3. The average molecular weight is 489 g/mol. The molecule has 0 radical (unpaired) electrons. The average Bonchev–Trinajstić information content (AvgIpc) is 2.77. The second kappa shape index (κ2) is 9.76. The highest BCUT2D eigenvalue weighted by Gasteiger charge is 2.37. The molecule has 0 aromatic heterocycles. The fraction of sp³-hybridized carbons (Fsp3) is 0.179. The van der Waals surface area contributed by atoms with Crippen molar-refractivity contribution in [3.05, 3.63) is 98.6 Å². The molecule has 0 aliphatic carbocycles. The van der Waals surface area contributed by atoms with Gasteiger partial charge < -0.3 is 4.74 Å². The van der Waals surface area contributed by atoms with Crippen molar-refractivity contribution in [2.45, 2.75) is 34.3 Å². The lowest BCUT2D eigenvalue weighted by Gasteiger charge is -2.28. The summed E-state index contributed by atoms with van der Waals surface area (Å²) in [5.74, 6) is -1.04. The normalized spacial score (nSPS) is 14.9. The first kappa shape index (κ1) is 24.2. The van der Waals surface area contributed by atoms with Crippen LogP contribution in [0, 0.1) is 27.7 Å². The first-order valence-electron chi connectivity index (χ1n) is 11.1. The van der Waals surface area contributed by atoms with Gasteiger partial charge in [-0.2, -0.15) is 0 Å². The predicted octanol–water partition coefficient (Wildman–Crippen LogP) is 5.82. The Bertz CT molecular complexity index is 1370. The molecule has 7 heteroatoms. The Morgan fingerprint density at radius 2 is 1.60 bits per heavy atom. The lowest BCUT2D eigenvalue weighted by atomic mass is 10.0. The van der Waals surface area contributed by atoms with Crippen LogP contribution in [-0.2, 0) is 16.2 Å². The standard InChI is InChI=1S/C28H25ClN2O4/c1-16-5-6-19(4)24(12-16)31-27(33)23(26(32)30-28(31)34)14-21-13-22(29)7-8-25(21)35-15-20-10-17(2)9-18(3)11-20/h5-14H,15H2,1-4H3,(H,30,32,34)/b23-14+. The van der Waals surface area contributed by atoms with Gasteiger partial charge in [0, 0.05) is 10.6 Å². The number of hydrogen-bond donors (Lipinski definition) is 1. The Kier molecular flexibility index (Phi) is 6.76. The van der Waals surface area contributed by atoms with Gasteiger partial charge in [0.2, 0.25) is 0 Å². The fourth-order valence-corrected chi connectivity index (χ4v) is 4.25. The Balaban J connectivity index is 1.70. The summed E-state index contributed by atoms with van der Waals surface area (Å²) in [5, 5.41) is 2.68. The monoisotopic (exact) mass is 488 g/mol. The summed E-state index contributed by atoms with van der Waals surface area (Å²) in [6.45, 7) is 8.00. The van der Waals surface area contributed by atoms with E-state index in [0.717, 1.165) is 32.7 Å². The molecule has 0 unspecified atom stereocenters. The molecule has 1 saturated heterocycles. The second-order valence-corrected chi connectivity index (χ2v) is 9.15. The van der Waals surface area contributed by atoms with E-state index in [4.69, 9.17) is 16.3 Å². The Hall–Kier alpha value is -3.90. The molecule has 0 spiro atoms. The van der Waals surface area contributed by atoms with Crippen molar-refractivity contribution in [2.75, 3.05) is 4.90 Å². The van der Waals surface area contributed by atoms with E-state index >= 15 is 0 Å². The molecular formula is C28H25ClN2O4. The van der Waals surface area contributed by atoms with Crippen molar-refractivity contribution in [1.29, 1.82) is 0 Å². The van der Waals surface area contributed by atoms with Gasteiger partial charge in [-0.1, -0.05) is 53.1 Å². The lowest BCUT2D eigenvalue weighted by molar-refractivity contribution is -0.122. The molecule has 35 heavy (non-hydrogen) atoms. The molecule has 6 nitrogen and oxygen atoms in total. The number of halogens is 1. The zero-order valence-electron chi connectivity index (χ0n) is 19.9. The van der Waals surface area contributed by atoms with E-state index in [2.05, 4.69) is 11.4 Å². The van der Waals surface area contributed by atoms with Crippen LogP contribution in [0.1, 0.15) is 33.4 Å². The Morgan fingerprint density at radius 3 is 2.31 bits per heavy atom. The van der Waals surface area contributed by atoms with E-state index in [1.54, 1.807) is 31.2 Å². The molecule has 1 aliphatic rings. The third kappa shape index (κ3) is 5.28. The third-order valence-electron chi connectivity index (χ3n) is 5.65. The molecule has 0 atom stereocenters. The first-order chi connectivity index (χ1) is 16.6. The summed E-state index contributed by atoms with van der Waals surface area (Å²) < 4.78 is 6.04. The largest absolute Gasteiger partial charge is 0.488 e. The molecule has 4 rings (SSSR count). The molecule has 1 N–H and O–H groups in total. The molecule has 1 heterocycles. The molecule has 4 amide bonds. The molecule has 3 aromatic carbocycles. The minimum absolute atomic E-state index is 0.191. The van der Waals surface area contributed by atoms with Gasteiger partial charge in [-0.15, -0.1) is 0 Å². The quantitative estimate of drug-likeness (QED) is 0.362. The Labute approximate surface area is 209 Å². The van der Waals surface area contributed by atoms with Gasteiger partial charge in [0.15, 0.2) is 0 Å². The number of anilines is 1. The number of nitrogens with one attached hydrogen (secondary N) is 1. The number of carbonyl (C=O) groups is 3. The molecule has 3 aromatic rings. The molecule has 0 saturated carbocycles. The van der Waals surface area contributed by atoms with Crippen molar-refractivity contribution >= 4 is 41.2 Å². The molecule has 178 valence electrons. The number of ether oxygens (including phenoxy) is 1. The van der Waals surface area contributed by atoms with Crippen molar-refractivity contribution in [2.24, 2.45) is 0 Å². The van der Waals surface area contributed by atoms with Crippen molar-refractivity contribution in [3.8, 4) is 5.75 Å². The number of amides is 4. The van der Waals surface area contributed by atoms with E-state index in [9.17, 15) is 14.4 Å². The first-order valence-corrected chi connectivity index (χ1v) is 11.5. The number of urea groups is 1. The van der Waals surface area contributed by atoms with Gasteiger partial charge in [-0.25, -0.2) is 9.69 Å². The number of aryl methyl sites for hydroxylation is 4. The summed E-state index contributed by atoms with van der Waals surface area (Å²) in [4.78, 5) is 39.6. The van der Waals surface area contributed by atoms with Crippen LogP contribution in [0.15, 0.2) is 60.2 Å². The van der Waals surface area contributed by atoms with Gasteiger partial charge in [0.25, 0.3) is 11.8 Å². The van der Waals surface area contributed by atoms with Gasteiger partial charge in [-0.05, 0) is 74.7 Å². The van der Waals surface area contributed by atoms with Crippen LogP contribution >= 0.6 is 11.6 Å². The molecular weight excluding hydrogens is 464 g/mol. The van der Waals surface area contributed by atoms with Crippen LogP contribution in [0.25, 0.3) is 6.08 Å². The van der Waals surface area contributed by atoms with Gasteiger partial charge in [-0.3, -0.25) is 14.9 Å². The van der Waals surface area contributed by atoms with Crippen LogP contribution in [0.4, 0.5) is 10.5 Å². The van der Waals surface area contributed by atoms with E-state index in [1.165, 1.54) is 6.08 Å². The topological polar surface area (TPSA) is 75.7 Å². The van der Waals surface area contributed by atoms with E-state index in [1.807, 2.05) is 45.0 Å². The number of nitrogens with zero attached hydrogens (tertiary/aromatic N) is 1. The van der Waals surface area contributed by atoms with Crippen LogP contribution < -0.4 is 15.0 Å². The number of rotatable bonds is 5. The summed E-state index contributed by atoms with van der Waals surface area (Å²) in [7, 11) is 0. The lowest BCUT2D eigenvalue weighted by Crippen LogP contribution is -2.54. The smallest absolute Gasteiger partial charge is 0.335 e. The number of hydrogen-bond acceptors (Lipinski definition) is 4. The number of benzene rings is 3. The minimum atomic E-state index is -0.789. The maximum Gasteiger partial charge on any atom is 0.335 e. The van der Waals surface area contributed by atoms with E-state index < -0.39 is 17.8 Å². The highest BCUT2D eigenvalue weighted by atomic mass is 35.5. The zero-order chi connectivity index (χ0) is 25.3. The van der Waals surface area contributed by atoms with E-state index in [0.29, 0.717) is 28.6 Å². The van der Waals surface area contributed by atoms with Crippen molar-refractivity contribution in [3.63, 3.8) is 0 Å². The van der Waals surface area contributed by atoms with Crippen LogP contribution in [0.3, 0.4) is 0 Å². The number of barbiturate groups is 1. The third-order valence-corrected chi connectivity index (χ3v) is 5.89. The SMILES string of the molecule is Cc1cc(C)cc(COc2ccc(Cl)cc2/C=C2\C(=O)NC(=O)N(c3cc(C)ccc3C)C2=O)c1. The van der Waals surface area contributed by atoms with Gasteiger partial charge in [0.1, 0.15) is 17.9 Å². The van der Waals surface area contributed by atoms with Crippen LogP contribution in [0.5, 0.6) is 5.75 Å². The van der Waals surface area contributed by atoms with Gasteiger partial charge >= 0.3 is 6.03 Å². The zero-order valence-corrected chi connectivity index (χ0v) is 20.7. The van der Waals surface area contributed by atoms with Crippen molar-refractivity contribution < 1.29 is 19.1 Å². The maximum atomic E-state index is 13.4. The molecule has 0 bridgehead atoms.